The van der Waals surface area contributed by atoms with E-state index in [0.29, 0.717) is 6.42 Å². The minimum absolute atomic E-state index is 0.105. The van der Waals surface area contributed by atoms with E-state index in [2.05, 4.69) is 34.7 Å². The molecule has 2 N–H and O–H groups in total. The highest BCUT2D eigenvalue weighted by Crippen LogP contribution is 2.23. The number of anilines is 1. The van der Waals surface area contributed by atoms with Crippen LogP contribution in [0.5, 0.6) is 0 Å². The molecule has 0 atom stereocenters. The third-order valence-corrected chi connectivity index (χ3v) is 3.32. The summed E-state index contributed by atoms with van der Waals surface area (Å²) in [7, 11) is 4.11. The predicted molar refractivity (Wildman–Crippen MR) is 73.9 cm³/mol. The normalized spacial score (nSPS) is 13.8. The van der Waals surface area contributed by atoms with E-state index >= 15 is 0 Å². The van der Waals surface area contributed by atoms with E-state index in [4.69, 9.17) is 0 Å². The average molecular weight is 247 g/mol. The molecule has 98 valence electrons. The summed E-state index contributed by atoms with van der Waals surface area (Å²) in [4.78, 5) is 13.6. The summed E-state index contributed by atoms with van der Waals surface area (Å²) in [5.41, 5.74) is 3.42. The number of fused-ring (bicyclic) bond motifs is 1. The van der Waals surface area contributed by atoms with E-state index in [0.717, 1.165) is 37.3 Å². The number of nitrogens with one attached hydrogen (secondary N) is 2. The Balaban J connectivity index is 1.87. The number of carbonyl (C=O) groups excluding carboxylic acids is 1. The zero-order valence-corrected chi connectivity index (χ0v) is 11.1. The van der Waals surface area contributed by atoms with E-state index in [-0.39, 0.29) is 5.91 Å². The number of carbonyl (C=O) groups is 1. The Morgan fingerprint density at radius 2 is 2.22 bits per heavy atom. The fourth-order valence-electron chi connectivity index (χ4n) is 2.17. The lowest BCUT2D eigenvalue weighted by molar-refractivity contribution is -0.115. The van der Waals surface area contributed by atoms with Crippen LogP contribution in [-0.2, 0) is 17.6 Å². The molecule has 1 aromatic carbocycles. The number of hydrogen-bond donors (Lipinski definition) is 2. The number of hydrogen-bond acceptors (Lipinski definition) is 3. The molecule has 0 radical (unpaired) electrons. The fraction of sp³-hybridized carbons (Fsp3) is 0.500. The number of rotatable bonds is 6. The number of likely N-dealkylation sites (N-methyl/N-ethyl adjacent to an activating group) is 2. The van der Waals surface area contributed by atoms with Crippen LogP contribution in [0.4, 0.5) is 5.69 Å². The number of benzene rings is 1. The third-order valence-electron chi connectivity index (χ3n) is 3.32. The highest BCUT2D eigenvalue weighted by molar-refractivity contribution is 5.99. The summed E-state index contributed by atoms with van der Waals surface area (Å²) in [5.74, 6) is 0.105. The van der Waals surface area contributed by atoms with Gasteiger partial charge in [0, 0.05) is 25.3 Å². The van der Waals surface area contributed by atoms with Gasteiger partial charge in [-0.05, 0) is 37.7 Å². The SMILES string of the molecule is CNCCN(C)CCc1ccc2c(c1)CC(=O)N2. The van der Waals surface area contributed by atoms with Gasteiger partial charge >= 0.3 is 0 Å². The van der Waals surface area contributed by atoms with E-state index in [9.17, 15) is 4.79 Å². The summed E-state index contributed by atoms with van der Waals surface area (Å²) < 4.78 is 0. The van der Waals surface area contributed by atoms with Gasteiger partial charge in [0.15, 0.2) is 0 Å². The molecule has 0 fully saturated rings. The van der Waals surface area contributed by atoms with Gasteiger partial charge in [-0.25, -0.2) is 0 Å². The first-order valence-electron chi connectivity index (χ1n) is 6.44. The molecular formula is C14H21N3O. The van der Waals surface area contributed by atoms with Crippen molar-refractivity contribution in [3.63, 3.8) is 0 Å². The molecule has 4 heteroatoms. The molecule has 0 bridgehead atoms. The smallest absolute Gasteiger partial charge is 0.228 e. The zero-order valence-electron chi connectivity index (χ0n) is 11.1. The summed E-state index contributed by atoms with van der Waals surface area (Å²) in [6.45, 7) is 3.11. The van der Waals surface area contributed by atoms with E-state index in [1.54, 1.807) is 0 Å². The van der Waals surface area contributed by atoms with Gasteiger partial charge in [0.05, 0.1) is 6.42 Å². The lowest BCUT2D eigenvalue weighted by Gasteiger charge is -2.16. The first-order valence-corrected chi connectivity index (χ1v) is 6.44. The van der Waals surface area contributed by atoms with Crippen molar-refractivity contribution in [2.45, 2.75) is 12.8 Å². The maximum atomic E-state index is 11.3. The maximum absolute atomic E-state index is 11.3. The number of amides is 1. The molecule has 18 heavy (non-hydrogen) atoms. The molecular weight excluding hydrogens is 226 g/mol. The fourth-order valence-corrected chi connectivity index (χ4v) is 2.17. The molecule has 1 aliphatic rings. The van der Waals surface area contributed by atoms with Crippen LogP contribution in [0.3, 0.4) is 0 Å². The van der Waals surface area contributed by atoms with Crippen molar-refractivity contribution in [1.82, 2.24) is 10.2 Å². The van der Waals surface area contributed by atoms with Gasteiger partial charge in [-0.3, -0.25) is 4.79 Å². The molecule has 0 spiro atoms. The van der Waals surface area contributed by atoms with Crippen molar-refractivity contribution < 1.29 is 4.79 Å². The molecule has 0 saturated heterocycles. The van der Waals surface area contributed by atoms with Crippen LogP contribution in [0, 0.1) is 0 Å². The van der Waals surface area contributed by atoms with Crippen molar-refractivity contribution in [3.05, 3.63) is 29.3 Å². The Morgan fingerprint density at radius 3 is 3.00 bits per heavy atom. The van der Waals surface area contributed by atoms with Gasteiger partial charge in [0.2, 0.25) is 5.91 Å². The van der Waals surface area contributed by atoms with Crippen LogP contribution in [-0.4, -0.2) is 44.5 Å². The van der Waals surface area contributed by atoms with Gasteiger partial charge in [-0.2, -0.15) is 0 Å². The Bertz CT molecular complexity index is 431. The zero-order chi connectivity index (χ0) is 13.0. The van der Waals surface area contributed by atoms with Gasteiger partial charge in [0.1, 0.15) is 0 Å². The summed E-state index contributed by atoms with van der Waals surface area (Å²) in [6.07, 6.45) is 1.56. The maximum Gasteiger partial charge on any atom is 0.228 e. The third kappa shape index (κ3) is 3.31. The molecule has 1 heterocycles. The highest BCUT2D eigenvalue weighted by Gasteiger charge is 2.17. The van der Waals surface area contributed by atoms with Crippen LogP contribution in [0.2, 0.25) is 0 Å². The summed E-state index contributed by atoms with van der Waals surface area (Å²) in [6, 6.07) is 6.28. The lowest BCUT2D eigenvalue weighted by atomic mass is 10.1. The molecule has 1 aliphatic heterocycles. The van der Waals surface area contributed by atoms with Crippen molar-refractivity contribution in [2.75, 3.05) is 39.0 Å². The molecule has 1 aromatic rings. The standard InChI is InChI=1S/C14H21N3O/c1-15-6-8-17(2)7-5-11-3-4-13-12(9-11)10-14(18)16-13/h3-4,9,15H,5-8,10H2,1-2H3,(H,16,18). The van der Waals surface area contributed by atoms with Crippen molar-refractivity contribution in [1.29, 1.82) is 0 Å². The van der Waals surface area contributed by atoms with Crippen molar-refractivity contribution in [3.8, 4) is 0 Å². The average Bonchev–Trinajstić information content (AvgIpc) is 2.73. The van der Waals surface area contributed by atoms with Gasteiger partial charge in [-0.15, -0.1) is 0 Å². The monoisotopic (exact) mass is 247 g/mol. The van der Waals surface area contributed by atoms with E-state index in [1.807, 2.05) is 13.1 Å². The minimum atomic E-state index is 0.105. The molecule has 1 amide bonds. The first-order chi connectivity index (χ1) is 8.69. The predicted octanol–water partition coefficient (Wildman–Crippen LogP) is 0.875. The second kappa shape index (κ2) is 5.98. The highest BCUT2D eigenvalue weighted by atomic mass is 16.1. The van der Waals surface area contributed by atoms with E-state index < -0.39 is 0 Å². The topological polar surface area (TPSA) is 44.4 Å². The van der Waals surface area contributed by atoms with Gasteiger partial charge in [0.25, 0.3) is 0 Å². The molecule has 4 nitrogen and oxygen atoms in total. The number of nitrogens with zero attached hydrogens (tertiary/aromatic N) is 1. The van der Waals surface area contributed by atoms with Crippen LogP contribution < -0.4 is 10.6 Å². The molecule has 0 aromatic heterocycles. The second-order valence-corrected chi connectivity index (χ2v) is 4.87. The van der Waals surface area contributed by atoms with E-state index in [1.165, 1.54) is 5.56 Å². The largest absolute Gasteiger partial charge is 0.326 e. The Morgan fingerprint density at radius 1 is 1.39 bits per heavy atom. The Kier molecular flexibility index (Phi) is 4.33. The van der Waals surface area contributed by atoms with Crippen molar-refractivity contribution >= 4 is 11.6 Å². The van der Waals surface area contributed by atoms with Crippen LogP contribution in [0.25, 0.3) is 0 Å². The van der Waals surface area contributed by atoms with Crippen LogP contribution in [0.15, 0.2) is 18.2 Å². The molecule has 0 unspecified atom stereocenters. The minimum Gasteiger partial charge on any atom is -0.326 e. The molecule has 2 rings (SSSR count). The lowest BCUT2D eigenvalue weighted by Crippen LogP contribution is -2.29. The first kappa shape index (κ1) is 13.1. The van der Waals surface area contributed by atoms with Gasteiger partial charge < -0.3 is 15.5 Å². The Hall–Kier alpha value is -1.39. The quantitative estimate of drug-likeness (QED) is 0.784. The molecule has 0 saturated carbocycles. The molecule has 0 aliphatic carbocycles. The summed E-state index contributed by atoms with van der Waals surface area (Å²) in [5, 5.41) is 6.01. The van der Waals surface area contributed by atoms with Crippen LogP contribution in [0.1, 0.15) is 11.1 Å². The van der Waals surface area contributed by atoms with Crippen LogP contribution >= 0.6 is 0 Å². The summed E-state index contributed by atoms with van der Waals surface area (Å²) >= 11 is 0. The van der Waals surface area contributed by atoms with Crippen molar-refractivity contribution in [2.24, 2.45) is 0 Å². The Labute approximate surface area is 108 Å². The second-order valence-electron chi connectivity index (χ2n) is 4.87. The van der Waals surface area contributed by atoms with Gasteiger partial charge in [-0.1, -0.05) is 12.1 Å².